The Hall–Kier alpha value is -1.53. The SMILES string of the molecule is NC1CCC(C(=O)Nc2ccc(CC(=O)N3CCSCC3)cc2)C1. The summed E-state index contributed by atoms with van der Waals surface area (Å²) in [6.07, 6.45) is 2.99. The van der Waals surface area contributed by atoms with E-state index in [4.69, 9.17) is 5.73 Å². The lowest BCUT2D eigenvalue weighted by molar-refractivity contribution is -0.130. The van der Waals surface area contributed by atoms with Gasteiger partial charge >= 0.3 is 0 Å². The molecule has 0 bridgehead atoms. The Morgan fingerprint density at radius 1 is 1.17 bits per heavy atom. The van der Waals surface area contributed by atoms with Crippen LogP contribution in [0, 0.1) is 5.92 Å². The number of carbonyl (C=O) groups is 2. The molecule has 6 heteroatoms. The summed E-state index contributed by atoms with van der Waals surface area (Å²) in [6, 6.07) is 7.75. The van der Waals surface area contributed by atoms with Gasteiger partial charge in [-0.1, -0.05) is 12.1 Å². The first kappa shape index (κ1) is 17.3. The van der Waals surface area contributed by atoms with Crippen LogP contribution in [-0.4, -0.2) is 47.4 Å². The molecule has 3 N–H and O–H groups in total. The molecule has 0 aromatic heterocycles. The van der Waals surface area contributed by atoms with Crippen molar-refractivity contribution in [2.75, 3.05) is 29.9 Å². The number of nitrogens with zero attached hydrogens (tertiary/aromatic N) is 1. The minimum absolute atomic E-state index is 0.0261. The number of anilines is 1. The van der Waals surface area contributed by atoms with Gasteiger partial charge in [-0.25, -0.2) is 0 Å². The monoisotopic (exact) mass is 347 g/mol. The molecule has 0 spiro atoms. The van der Waals surface area contributed by atoms with Gasteiger partial charge in [-0.3, -0.25) is 9.59 Å². The van der Waals surface area contributed by atoms with E-state index in [0.29, 0.717) is 6.42 Å². The number of carbonyl (C=O) groups excluding carboxylic acids is 2. The summed E-state index contributed by atoms with van der Waals surface area (Å²) in [7, 11) is 0. The van der Waals surface area contributed by atoms with Crippen molar-refractivity contribution >= 4 is 29.3 Å². The second-order valence-corrected chi connectivity index (χ2v) is 7.85. The zero-order chi connectivity index (χ0) is 16.9. The van der Waals surface area contributed by atoms with Crippen molar-refractivity contribution in [1.29, 1.82) is 0 Å². The Labute approximate surface area is 147 Å². The van der Waals surface area contributed by atoms with E-state index < -0.39 is 0 Å². The smallest absolute Gasteiger partial charge is 0.227 e. The lowest BCUT2D eigenvalue weighted by Gasteiger charge is -2.26. The summed E-state index contributed by atoms with van der Waals surface area (Å²) in [5, 5.41) is 2.96. The summed E-state index contributed by atoms with van der Waals surface area (Å²) in [6.45, 7) is 1.70. The Balaban J connectivity index is 1.51. The van der Waals surface area contributed by atoms with Crippen LogP contribution >= 0.6 is 11.8 Å². The van der Waals surface area contributed by atoms with Crippen LogP contribution in [0.4, 0.5) is 5.69 Å². The molecular formula is C18H25N3O2S. The van der Waals surface area contributed by atoms with Gasteiger partial charge in [0.05, 0.1) is 6.42 Å². The van der Waals surface area contributed by atoms with Gasteiger partial charge in [-0.2, -0.15) is 11.8 Å². The zero-order valence-corrected chi connectivity index (χ0v) is 14.7. The van der Waals surface area contributed by atoms with Gasteiger partial charge in [0.15, 0.2) is 0 Å². The van der Waals surface area contributed by atoms with Crippen molar-refractivity contribution in [2.45, 2.75) is 31.7 Å². The molecule has 130 valence electrons. The first-order chi connectivity index (χ1) is 11.6. The third kappa shape index (κ3) is 4.51. The molecule has 2 unspecified atom stereocenters. The van der Waals surface area contributed by atoms with Crippen LogP contribution in [-0.2, 0) is 16.0 Å². The molecule has 1 aliphatic heterocycles. The molecule has 1 aliphatic carbocycles. The van der Waals surface area contributed by atoms with Gasteiger partial charge in [-0.05, 0) is 37.0 Å². The van der Waals surface area contributed by atoms with Crippen molar-refractivity contribution in [3.8, 4) is 0 Å². The second kappa shape index (κ2) is 8.03. The van der Waals surface area contributed by atoms with E-state index >= 15 is 0 Å². The van der Waals surface area contributed by atoms with Crippen LogP contribution in [0.25, 0.3) is 0 Å². The number of thioether (sulfide) groups is 1. The first-order valence-electron chi connectivity index (χ1n) is 8.63. The number of rotatable bonds is 4. The Morgan fingerprint density at radius 2 is 1.88 bits per heavy atom. The molecule has 0 radical (unpaired) electrons. The Bertz CT molecular complexity index is 547. The quantitative estimate of drug-likeness (QED) is 0.872. The van der Waals surface area contributed by atoms with Crippen molar-refractivity contribution < 1.29 is 9.59 Å². The number of hydrogen-bond acceptors (Lipinski definition) is 4. The number of nitrogens with two attached hydrogens (primary N) is 1. The van der Waals surface area contributed by atoms with Crippen LogP contribution < -0.4 is 11.1 Å². The summed E-state index contributed by atoms with van der Waals surface area (Å²) < 4.78 is 0. The van der Waals surface area contributed by atoms with Crippen LogP contribution in [0.15, 0.2) is 24.3 Å². The van der Waals surface area contributed by atoms with Crippen molar-refractivity contribution in [3.05, 3.63) is 29.8 Å². The summed E-state index contributed by atoms with van der Waals surface area (Å²) in [5.41, 5.74) is 7.64. The molecule has 1 aromatic carbocycles. The molecule has 2 fully saturated rings. The number of benzene rings is 1. The highest BCUT2D eigenvalue weighted by Gasteiger charge is 2.27. The second-order valence-electron chi connectivity index (χ2n) is 6.63. The van der Waals surface area contributed by atoms with E-state index in [-0.39, 0.29) is 23.8 Å². The van der Waals surface area contributed by atoms with Gasteiger partial charge in [0.2, 0.25) is 11.8 Å². The van der Waals surface area contributed by atoms with Crippen molar-refractivity contribution in [2.24, 2.45) is 11.7 Å². The predicted molar refractivity (Wildman–Crippen MR) is 98.0 cm³/mol. The molecule has 1 aromatic rings. The molecule has 1 heterocycles. The van der Waals surface area contributed by atoms with E-state index in [0.717, 1.165) is 55.1 Å². The molecule has 2 aliphatic rings. The predicted octanol–water partition coefficient (Wildman–Crippen LogP) is 1.87. The van der Waals surface area contributed by atoms with E-state index in [9.17, 15) is 9.59 Å². The average Bonchev–Trinajstić information content (AvgIpc) is 3.04. The van der Waals surface area contributed by atoms with Gasteiger partial charge in [0.1, 0.15) is 0 Å². The maximum absolute atomic E-state index is 12.3. The number of amides is 2. The molecule has 24 heavy (non-hydrogen) atoms. The lowest BCUT2D eigenvalue weighted by atomic mass is 10.1. The lowest BCUT2D eigenvalue weighted by Crippen LogP contribution is -2.38. The average molecular weight is 347 g/mol. The fourth-order valence-electron chi connectivity index (χ4n) is 3.30. The Morgan fingerprint density at radius 3 is 2.50 bits per heavy atom. The fourth-order valence-corrected chi connectivity index (χ4v) is 4.21. The summed E-state index contributed by atoms with van der Waals surface area (Å²) in [4.78, 5) is 26.4. The van der Waals surface area contributed by atoms with Gasteiger partial charge in [0.25, 0.3) is 0 Å². The van der Waals surface area contributed by atoms with Crippen LogP contribution in [0.2, 0.25) is 0 Å². The molecule has 2 atom stereocenters. The molecule has 3 rings (SSSR count). The van der Waals surface area contributed by atoms with Crippen LogP contribution in [0.5, 0.6) is 0 Å². The van der Waals surface area contributed by atoms with Gasteiger partial charge < -0.3 is 16.0 Å². The highest BCUT2D eigenvalue weighted by atomic mass is 32.2. The maximum atomic E-state index is 12.3. The normalized spacial score (nSPS) is 24.0. The third-order valence-electron chi connectivity index (χ3n) is 4.78. The first-order valence-corrected chi connectivity index (χ1v) is 9.78. The highest BCUT2D eigenvalue weighted by molar-refractivity contribution is 7.99. The van der Waals surface area contributed by atoms with Gasteiger partial charge in [0, 0.05) is 42.2 Å². The third-order valence-corrected chi connectivity index (χ3v) is 5.73. The fraction of sp³-hybridized carbons (Fsp3) is 0.556. The maximum Gasteiger partial charge on any atom is 0.227 e. The molecule has 5 nitrogen and oxygen atoms in total. The molecule has 2 amide bonds. The van der Waals surface area contributed by atoms with E-state index in [1.54, 1.807) is 0 Å². The number of hydrogen-bond donors (Lipinski definition) is 2. The van der Waals surface area contributed by atoms with Gasteiger partial charge in [-0.15, -0.1) is 0 Å². The minimum Gasteiger partial charge on any atom is -0.341 e. The summed E-state index contributed by atoms with van der Waals surface area (Å²) >= 11 is 1.90. The topological polar surface area (TPSA) is 75.4 Å². The summed E-state index contributed by atoms with van der Waals surface area (Å²) in [5.74, 6) is 2.33. The van der Waals surface area contributed by atoms with Crippen LogP contribution in [0.3, 0.4) is 0 Å². The van der Waals surface area contributed by atoms with E-state index in [1.165, 1.54) is 0 Å². The van der Waals surface area contributed by atoms with Crippen molar-refractivity contribution in [3.63, 3.8) is 0 Å². The van der Waals surface area contributed by atoms with Crippen molar-refractivity contribution in [1.82, 2.24) is 4.90 Å². The van der Waals surface area contributed by atoms with E-state index in [2.05, 4.69) is 5.32 Å². The van der Waals surface area contributed by atoms with E-state index in [1.807, 2.05) is 40.9 Å². The van der Waals surface area contributed by atoms with Crippen LogP contribution in [0.1, 0.15) is 24.8 Å². The molecular weight excluding hydrogens is 322 g/mol. The zero-order valence-electron chi connectivity index (χ0n) is 13.9. The largest absolute Gasteiger partial charge is 0.341 e. The Kier molecular flexibility index (Phi) is 5.79. The molecule has 1 saturated heterocycles. The highest BCUT2D eigenvalue weighted by Crippen LogP contribution is 2.25. The number of nitrogens with one attached hydrogen (secondary N) is 1. The molecule has 1 saturated carbocycles. The standard InChI is InChI=1S/C18H25N3O2S/c19-15-4-3-14(12-15)18(23)20-16-5-1-13(2-6-16)11-17(22)21-7-9-24-10-8-21/h1-2,5-6,14-15H,3-4,7-12,19H2,(H,20,23). The minimum atomic E-state index is 0.0261.